The molecule has 1 unspecified atom stereocenters. The van der Waals surface area contributed by atoms with Gasteiger partial charge in [-0.15, -0.1) is 0 Å². The molecule has 32 heavy (non-hydrogen) atoms. The lowest BCUT2D eigenvalue weighted by molar-refractivity contribution is -0.175. The van der Waals surface area contributed by atoms with E-state index >= 15 is 0 Å². The zero-order valence-electron chi connectivity index (χ0n) is 18.7. The van der Waals surface area contributed by atoms with Gasteiger partial charge in [0.15, 0.2) is 6.04 Å². The lowest BCUT2D eigenvalue weighted by atomic mass is 9.82. The van der Waals surface area contributed by atoms with Gasteiger partial charge in [-0.2, -0.15) is 18.3 Å². The fourth-order valence-corrected chi connectivity index (χ4v) is 4.62. The van der Waals surface area contributed by atoms with E-state index in [0.717, 1.165) is 17.5 Å². The summed E-state index contributed by atoms with van der Waals surface area (Å²) in [5.74, 6) is 0.295. The van der Waals surface area contributed by atoms with Crippen molar-refractivity contribution in [2.24, 2.45) is 5.41 Å². The number of halogens is 3. The number of pyridine rings is 1. The summed E-state index contributed by atoms with van der Waals surface area (Å²) in [7, 11) is 0. The molecule has 1 amide bonds. The lowest BCUT2D eigenvalue weighted by Gasteiger charge is -2.39. The van der Waals surface area contributed by atoms with Crippen LogP contribution in [0.15, 0.2) is 30.5 Å². The summed E-state index contributed by atoms with van der Waals surface area (Å²) in [5, 5.41) is 7.67. The Hall–Kier alpha value is -2.58. The molecule has 4 rings (SSSR count). The van der Waals surface area contributed by atoms with Crippen molar-refractivity contribution in [1.29, 1.82) is 0 Å². The standard InChI is InChI=1S/C23H30F3N5O/c1-22(2,3)18-14-19(23(24,25)26)31-20(28-18)13-16(29-31)17-9-5-7-11-30(17)21(32)12-15-8-4-6-10-27-15/h4,6,8,10,13,17-19,28H,5,7,9,11-12,14H2,1-3H3/t17?,18-,19+/m0/s1. The van der Waals surface area contributed by atoms with Crippen LogP contribution < -0.4 is 5.32 Å². The van der Waals surface area contributed by atoms with Crippen LogP contribution in [0.3, 0.4) is 0 Å². The number of carbonyl (C=O) groups is 1. The number of likely N-dealkylation sites (tertiary alicyclic amines) is 1. The van der Waals surface area contributed by atoms with Crippen molar-refractivity contribution in [3.05, 3.63) is 41.9 Å². The highest BCUT2D eigenvalue weighted by Gasteiger charge is 2.48. The minimum Gasteiger partial charge on any atom is -0.367 e. The maximum Gasteiger partial charge on any atom is 0.410 e. The molecule has 6 nitrogen and oxygen atoms in total. The first-order chi connectivity index (χ1) is 15.0. The van der Waals surface area contributed by atoms with Crippen molar-refractivity contribution >= 4 is 11.7 Å². The molecule has 0 saturated carbocycles. The van der Waals surface area contributed by atoms with E-state index in [2.05, 4.69) is 15.4 Å². The van der Waals surface area contributed by atoms with Crippen LogP contribution in [0.4, 0.5) is 19.0 Å². The Kier molecular flexibility index (Phi) is 5.94. The summed E-state index contributed by atoms with van der Waals surface area (Å²) in [6, 6.07) is 4.78. The predicted octanol–water partition coefficient (Wildman–Crippen LogP) is 4.91. The maximum absolute atomic E-state index is 13.9. The Morgan fingerprint density at radius 3 is 2.66 bits per heavy atom. The van der Waals surface area contributed by atoms with E-state index in [0.29, 0.717) is 30.2 Å². The number of hydrogen-bond acceptors (Lipinski definition) is 4. The molecule has 2 aromatic rings. The molecule has 2 aliphatic heterocycles. The molecule has 1 saturated heterocycles. The molecule has 174 valence electrons. The first-order valence-electron chi connectivity index (χ1n) is 11.2. The van der Waals surface area contributed by atoms with Gasteiger partial charge in [0.05, 0.1) is 18.2 Å². The molecule has 0 aromatic carbocycles. The second-order valence-corrected chi connectivity index (χ2v) is 9.85. The number of fused-ring (bicyclic) bond motifs is 1. The molecule has 4 heterocycles. The number of piperidine rings is 1. The van der Waals surface area contributed by atoms with E-state index in [1.54, 1.807) is 29.3 Å². The topological polar surface area (TPSA) is 63.1 Å². The van der Waals surface area contributed by atoms with Crippen LogP contribution in [-0.4, -0.2) is 44.3 Å². The van der Waals surface area contributed by atoms with Crippen molar-refractivity contribution < 1.29 is 18.0 Å². The molecule has 1 N–H and O–H groups in total. The Morgan fingerprint density at radius 1 is 1.22 bits per heavy atom. The predicted molar refractivity (Wildman–Crippen MR) is 115 cm³/mol. The summed E-state index contributed by atoms with van der Waals surface area (Å²) in [6.07, 6.45) is -0.203. The van der Waals surface area contributed by atoms with Crippen LogP contribution in [0.1, 0.15) is 69.9 Å². The minimum absolute atomic E-state index is 0.0753. The molecule has 2 aliphatic rings. The van der Waals surface area contributed by atoms with Gasteiger partial charge in [0, 0.05) is 30.5 Å². The number of amides is 1. The van der Waals surface area contributed by atoms with Crippen molar-refractivity contribution in [3.8, 4) is 0 Å². The van der Waals surface area contributed by atoms with Crippen LogP contribution in [-0.2, 0) is 11.2 Å². The molecule has 0 spiro atoms. The average Bonchev–Trinajstić information content (AvgIpc) is 3.16. The number of alkyl halides is 3. The highest BCUT2D eigenvalue weighted by atomic mass is 19.4. The van der Waals surface area contributed by atoms with Gasteiger partial charge < -0.3 is 10.2 Å². The minimum atomic E-state index is -4.40. The van der Waals surface area contributed by atoms with E-state index in [-0.39, 0.29) is 36.2 Å². The van der Waals surface area contributed by atoms with Gasteiger partial charge in [0.1, 0.15) is 5.82 Å². The second kappa shape index (κ2) is 8.41. The highest BCUT2D eigenvalue weighted by molar-refractivity contribution is 5.79. The Balaban J connectivity index is 1.63. The van der Waals surface area contributed by atoms with E-state index in [4.69, 9.17) is 0 Å². The van der Waals surface area contributed by atoms with E-state index in [9.17, 15) is 18.0 Å². The monoisotopic (exact) mass is 449 g/mol. The Bertz CT molecular complexity index is 951. The molecule has 2 aromatic heterocycles. The summed E-state index contributed by atoms with van der Waals surface area (Å²) < 4.78 is 42.8. The quantitative estimate of drug-likeness (QED) is 0.723. The first-order valence-corrected chi connectivity index (χ1v) is 11.2. The zero-order chi connectivity index (χ0) is 23.1. The van der Waals surface area contributed by atoms with Crippen LogP contribution >= 0.6 is 0 Å². The molecule has 0 radical (unpaired) electrons. The third-order valence-corrected chi connectivity index (χ3v) is 6.48. The normalized spacial score (nSPS) is 24.1. The highest BCUT2D eigenvalue weighted by Crippen LogP contribution is 2.44. The zero-order valence-corrected chi connectivity index (χ0v) is 18.7. The molecular weight excluding hydrogens is 419 g/mol. The smallest absolute Gasteiger partial charge is 0.367 e. The van der Waals surface area contributed by atoms with Crippen LogP contribution in [0, 0.1) is 5.41 Å². The largest absolute Gasteiger partial charge is 0.410 e. The molecular formula is C23H30F3N5O. The average molecular weight is 450 g/mol. The van der Waals surface area contributed by atoms with Crippen molar-refractivity contribution in [2.45, 2.75) is 77.2 Å². The van der Waals surface area contributed by atoms with Gasteiger partial charge in [-0.3, -0.25) is 9.78 Å². The first kappa shape index (κ1) is 22.6. The number of nitrogens with one attached hydrogen (secondary N) is 1. The van der Waals surface area contributed by atoms with Crippen LogP contribution in [0.2, 0.25) is 0 Å². The number of carbonyl (C=O) groups excluding carboxylic acids is 1. The lowest BCUT2D eigenvalue weighted by Crippen LogP contribution is -2.44. The molecule has 1 fully saturated rings. The fraction of sp³-hybridized carbons (Fsp3) is 0.609. The number of hydrogen-bond donors (Lipinski definition) is 1. The molecule has 0 aliphatic carbocycles. The molecule has 0 bridgehead atoms. The third-order valence-electron chi connectivity index (χ3n) is 6.48. The maximum atomic E-state index is 13.9. The third kappa shape index (κ3) is 4.61. The summed E-state index contributed by atoms with van der Waals surface area (Å²) in [5.41, 5.74) is 0.859. The number of rotatable bonds is 3. The van der Waals surface area contributed by atoms with Gasteiger partial charge >= 0.3 is 6.18 Å². The summed E-state index contributed by atoms with van der Waals surface area (Å²) in [6.45, 7) is 6.37. The Labute approximate surface area is 186 Å². The van der Waals surface area contributed by atoms with E-state index in [1.807, 2.05) is 26.8 Å². The van der Waals surface area contributed by atoms with Gasteiger partial charge in [-0.05, 0) is 43.2 Å². The Morgan fingerprint density at radius 2 is 2.00 bits per heavy atom. The number of anilines is 1. The van der Waals surface area contributed by atoms with E-state index in [1.165, 1.54) is 0 Å². The van der Waals surface area contributed by atoms with Crippen molar-refractivity contribution in [1.82, 2.24) is 19.7 Å². The number of nitrogens with zero attached hydrogens (tertiary/aromatic N) is 4. The summed E-state index contributed by atoms with van der Waals surface area (Å²) >= 11 is 0. The van der Waals surface area contributed by atoms with Crippen molar-refractivity contribution in [3.63, 3.8) is 0 Å². The molecule has 9 heteroatoms. The second-order valence-electron chi connectivity index (χ2n) is 9.85. The van der Waals surface area contributed by atoms with Crippen LogP contribution in [0.25, 0.3) is 0 Å². The van der Waals surface area contributed by atoms with Crippen molar-refractivity contribution in [2.75, 3.05) is 11.9 Å². The molecule has 3 atom stereocenters. The fourth-order valence-electron chi connectivity index (χ4n) is 4.62. The van der Waals surface area contributed by atoms with Crippen LogP contribution in [0.5, 0.6) is 0 Å². The van der Waals surface area contributed by atoms with Gasteiger partial charge in [0.2, 0.25) is 5.91 Å². The van der Waals surface area contributed by atoms with Gasteiger partial charge in [0.25, 0.3) is 0 Å². The number of aromatic nitrogens is 3. The van der Waals surface area contributed by atoms with Gasteiger partial charge in [-0.25, -0.2) is 4.68 Å². The van der Waals surface area contributed by atoms with Gasteiger partial charge in [-0.1, -0.05) is 26.8 Å². The van der Waals surface area contributed by atoms with E-state index < -0.39 is 12.2 Å². The summed E-state index contributed by atoms with van der Waals surface area (Å²) in [4.78, 5) is 19.0. The SMILES string of the molecule is CC(C)(C)[C@@H]1C[C@H](C(F)(F)F)n2nc(C3CCCCN3C(=O)Cc3ccccn3)cc2N1.